The molecule has 4 N–H and O–H groups in total. The Bertz CT molecular complexity index is 1020. The number of imide groups is 1. The molecule has 0 aromatic heterocycles. The molecule has 0 aliphatic carbocycles. The number of anilines is 1. The molecule has 0 unspecified atom stereocenters. The Morgan fingerprint density at radius 2 is 1.77 bits per heavy atom. The second-order valence-corrected chi connectivity index (χ2v) is 6.69. The van der Waals surface area contributed by atoms with E-state index in [1.807, 2.05) is 0 Å². The summed E-state index contributed by atoms with van der Waals surface area (Å²) in [6, 6.07) is 12.2. The maximum atomic E-state index is 12.5. The molecule has 0 spiro atoms. The normalized spacial score (nSPS) is 14.6. The molecule has 0 atom stereocenters. The van der Waals surface area contributed by atoms with Crippen LogP contribution in [-0.2, 0) is 14.4 Å². The van der Waals surface area contributed by atoms with Crippen LogP contribution in [0.15, 0.2) is 54.2 Å². The van der Waals surface area contributed by atoms with Crippen LogP contribution in [0.1, 0.15) is 5.56 Å². The minimum absolute atomic E-state index is 0.0325. The molecule has 0 radical (unpaired) electrons. The first-order valence-corrected chi connectivity index (χ1v) is 9.11. The predicted molar refractivity (Wildman–Crippen MR) is 109 cm³/mol. The maximum Gasteiger partial charge on any atom is 0.329 e. The number of carbonyl (C=O) groups is 4. The molecule has 0 saturated carbocycles. The topological polar surface area (TPSA) is 131 Å². The lowest BCUT2D eigenvalue weighted by Gasteiger charge is -2.12. The van der Waals surface area contributed by atoms with E-state index in [0.29, 0.717) is 22.0 Å². The van der Waals surface area contributed by atoms with Gasteiger partial charge < -0.3 is 21.1 Å². The molecular formula is C20H17ClN4O5. The zero-order valence-electron chi connectivity index (χ0n) is 15.6. The summed E-state index contributed by atoms with van der Waals surface area (Å²) in [5.41, 5.74) is 6.15. The summed E-state index contributed by atoms with van der Waals surface area (Å²) in [6.45, 7) is -0.688. The molecule has 1 fully saturated rings. The van der Waals surface area contributed by atoms with E-state index in [4.69, 9.17) is 22.1 Å². The van der Waals surface area contributed by atoms with Gasteiger partial charge in [0.2, 0.25) is 5.91 Å². The molecular weight excluding hydrogens is 412 g/mol. The van der Waals surface area contributed by atoms with Crippen LogP contribution in [0.25, 0.3) is 6.08 Å². The summed E-state index contributed by atoms with van der Waals surface area (Å²) in [7, 11) is 0. The quantitative estimate of drug-likeness (QED) is 0.456. The van der Waals surface area contributed by atoms with Crippen LogP contribution in [0, 0.1) is 0 Å². The smallest absolute Gasteiger partial charge is 0.329 e. The summed E-state index contributed by atoms with van der Waals surface area (Å²) in [5.74, 6) is -1.32. The number of hydrogen-bond acceptors (Lipinski definition) is 5. The van der Waals surface area contributed by atoms with Gasteiger partial charge in [0, 0.05) is 10.7 Å². The lowest BCUT2D eigenvalue weighted by molar-refractivity contribution is -0.127. The van der Waals surface area contributed by atoms with E-state index in [9.17, 15) is 19.2 Å². The monoisotopic (exact) mass is 428 g/mol. The molecule has 30 heavy (non-hydrogen) atoms. The Kier molecular flexibility index (Phi) is 6.33. The summed E-state index contributed by atoms with van der Waals surface area (Å²) in [5, 5.41) is 5.55. The van der Waals surface area contributed by atoms with Crippen molar-refractivity contribution in [3.63, 3.8) is 0 Å². The van der Waals surface area contributed by atoms with Crippen molar-refractivity contribution < 1.29 is 23.9 Å². The highest BCUT2D eigenvalue weighted by atomic mass is 35.5. The number of amides is 5. The lowest BCUT2D eigenvalue weighted by Crippen LogP contribution is -2.38. The zero-order valence-corrected chi connectivity index (χ0v) is 16.3. The van der Waals surface area contributed by atoms with Gasteiger partial charge in [0.15, 0.2) is 6.61 Å². The third-order valence-corrected chi connectivity index (χ3v) is 4.22. The van der Waals surface area contributed by atoms with Gasteiger partial charge in [-0.05, 0) is 48.0 Å². The molecule has 1 saturated heterocycles. The van der Waals surface area contributed by atoms with Crippen LogP contribution < -0.4 is 21.1 Å². The molecule has 9 nitrogen and oxygen atoms in total. The molecule has 154 valence electrons. The highest BCUT2D eigenvalue weighted by molar-refractivity contribution is 6.30. The van der Waals surface area contributed by atoms with Gasteiger partial charge in [0.05, 0.1) is 0 Å². The van der Waals surface area contributed by atoms with E-state index in [2.05, 4.69) is 10.6 Å². The SMILES string of the molecule is NC(=O)COc1ccc(/C=C2\NC(=O)N(CC(=O)Nc3ccc(Cl)cc3)C2=O)cc1. The second kappa shape index (κ2) is 9.10. The fourth-order valence-corrected chi connectivity index (χ4v) is 2.70. The van der Waals surface area contributed by atoms with Gasteiger partial charge >= 0.3 is 6.03 Å². The van der Waals surface area contributed by atoms with Crippen molar-refractivity contribution >= 4 is 47.1 Å². The van der Waals surface area contributed by atoms with Crippen molar-refractivity contribution in [2.45, 2.75) is 0 Å². The number of primary amides is 1. The predicted octanol–water partition coefficient (Wildman–Crippen LogP) is 1.74. The average molecular weight is 429 g/mol. The molecule has 1 heterocycles. The molecule has 1 aliphatic rings. The molecule has 2 aromatic rings. The second-order valence-electron chi connectivity index (χ2n) is 6.26. The first-order valence-electron chi connectivity index (χ1n) is 8.73. The minimum atomic E-state index is -0.695. The van der Waals surface area contributed by atoms with Crippen molar-refractivity contribution in [2.75, 3.05) is 18.5 Å². The highest BCUT2D eigenvalue weighted by Gasteiger charge is 2.34. The van der Waals surface area contributed by atoms with E-state index < -0.39 is 30.3 Å². The molecule has 5 amide bonds. The highest BCUT2D eigenvalue weighted by Crippen LogP contribution is 2.18. The van der Waals surface area contributed by atoms with Crippen molar-refractivity contribution in [3.05, 3.63) is 64.8 Å². The van der Waals surface area contributed by atoms with E-state index in [1.165, 1.54) is 6.08 Å². The van der Waals surface area contributed by atoms with Crippen molar-refractivity contribution in [1.29, 1.82) is 0 Å². The van der Waals surface area contributed by atoms with Crippen LogP contribution in [0.2, 0.25) is 5.02 Å². The van der Waals surface area contributed by atoms with Crippen molar-refractivity contribution in [3.8, 4) is 5.75 Å². The largest absolute Gasteiger partial charge is 0.484 e. The number of halogens is 1. The van der Waals surface area contributed by atoms with Crippen molar-refractivity contribution in [2.24, 2.45) is 5.73 Å². The van der Waals surface area contributed by atoms with Crippen LogP contribution in [-0.4, -0.2) is 41.8 Å². The summed E-state index contributed by atoms with van der Waals surface area (Å²) in [4.78, 5) is 48.3. The van der Waals surface area contributed by atoms with E-state index in [0.717, 1.165) is 4.90 Å². The molecule has 0 bridgehead atoms. The number of rotatable bonds is 7. The van der Waals surface area contributed by atoms with Gasteiger partial charge in [-0.3, -0.25) is 14.4 Å². The first-order chi connectivity index (χ1) is 14.3. The Labute approximate surface area is 176 Å². The Balaban J connectivity index is 1.62. The minimum Gasteiger partial charge on any atom is -0.484 e. The van der Waals surface area contributed by atoms with Gasteiger partial charge in [0.1, 0.15) is 18.0 Å². The lowest BCUT2D eigenvalue weighted by atomic mass is 10.2. The number of urea groups is 1. The molecule has 1 aliphatic heterocycles. The van der Waals surface area contributed by atoms with E-state index in [-0.39, 0.29) is 12.3 Å². The maximum absolute atomic E-state index is 12.5. The molecule has 2 aromatic carbocycles. The van der Waals surface area contributed by atoms with Crippen molar-refractivity contribution in [1.82, 2.24) is 10.2 Å². The first kappa shape index (κ1) is 20.9. The number of ether oxygens (including phenoxy) is 1. The van der Waals surface area contributed by atoms with Gasteiger partial charge in [-0.15, -0.1) is 0 Å². The van der Waals surface area contributed by atoms with Crippen LogP contribution in [0.5, 0.6) is 5.75 Å². The fraction of sp³-hybridized carbons (Fsp3) is 0.100. The Morgan fingerprint density at radius 1 is 1.10 bits per heavy atom. The summed E-state index contributed by atoms with van der Waals surface area (Å²) in [6.07, 6.45) is 1.47. The van der Waals surface area contributed by atoms with Crippen LogP contribution in [0.3, 0.4) is 0 Å². The van der Waals surface area contributed by atoms with Gasteiger partial charge in [-0.1, -0.05) is 23.7 Å². The number of nitrogens with two attached hydrogens (primary N) is 1. The molecule has 3 rings (SSSR count). The Morgan fingerprint density at radius 3 is 2.40 bits per heavy atom. The summed E-state index contributed by atoms with van der Waals surface area (Å²) < 4.78 is 5.15. The van der Waals surface area contributed by atoms with Gasteiger partial charge in [-0.25, -0.2) is 9.69 Å². The number of carbonyl (C=O) groups excluding carboxylic acids is 4. The number of hydrogen-bond donors (Lipinski definition) is 3. The third kappa shape index (κ3) is 5.36. The number of nitrogens with zero attached hydrogens (tertiary/aromatic N) is 1. The average Bonchev–Trinajstić information content (AvgIpc) is 2.96. The van der Waals surface area contributed by atoms with E-state index in [1.54, 1.807) is 48.5 Å². The molecule has 10 heteroatoms. The standard InChI is InChI=1S/C20H17ClN4O5/c21-13-3-5-14(6-4-13)23-18(27)10-25-19(28)16(24-20(25)29)9-12-1-7-15(8-2-12)30-11-17(22)26/h1-9H,10-11H2,(H2,22,26)(H,23,27)(H,24,29)/b16-9-. The van der Waals surface area contributed by atoms with Gasteiger partial charge in [-0.2, -0.15) is 0 Å². The zero-order chi connectivity index (χ0) is 21.7. The number of benzene rings is 2. The van der Waals surface area contributed by atoms with Crippen LogP contribution >= 0.6 is 11.6 Å². The Hall–Kier alpha value is -3.85. The van der Waals surface area contributed by atoms with E-state index >= 15 is 0 Å². The fourth-order valence-electron chi connectivity index (χ4n) is 2.57. The van der Waals surface area contributed by atoms with Gasteiger partial charge in [0.25, 0.3) is 11.8 Å². The van der Waals surface area contributed by atoms with Crippen LogP contribution in [0.4, 0.5) is 10.5 Å². The number of nitrogens with one attached hydrogen (secondary N) is 2. The summed E-state index contributed by atoms with van der Waals surface area (Å²) >= 11 is 5.79. The third-order valence-electron chi connectivity index (χ3n) is 3.96.